The highest BCUT2D eigenvalue weighted by Gasteiger charge is 2.12. The van der Waals surface area contributed by atoms with Gasteiger partial charge in [-0.25, -0.2) is 14.1 Å². The van der Waals surface area contributed by atoms with Gasteiger partial charge in [0.25, 0.3) is 0 Å². The minimum absolute atomic E-state index is 0.106. The second kappa shape index (κ2) is 7.65. The number of benzene rings is 1. The first-order valence-corrected chi connectivity index (χ1v) is 8.67. The molecule has 3 aromatic heterocycles. The normalized spacial score (nSPS) is 12.0. The van der Waals surface area contributed by atoms with Gasteiger partial charge < -0.3 is 9.94 Å². The van der Waals surface area contributed by atoms with Crippen LogP contribution in [0.15, 0.2) is 47.8 Å². The third-order valence-electron chi connectivity index (χ3n) is 4.21. The molecule has 4 aromatic rings. The second-order valence-electron chi connectivity index (χ2n) is 6.16. The lowest BCUT2D eigenvalue weighted by atomic mass is 10.1. The Morgan fingerprint density at radius 2 is 2.14 bits per heavy atom. The maximum absolute atomic E-state index is 14.5. The van der Waals surface area contributed by atoms with Crippen molar-refractivity contribution in [3.63, 3.8) is 0 Å². The molecule has 0 saturated heterocycles. The Hall–Kier alpha value is -3.46. The summed E-state index contributed by atoms with van der Waals surface area (Å²) in [5, 5.41) is 21.7. The first kappa shape index (κ1) is 17.9. The highest BCUT2D eigenvalue weighted by Crippen LogP contribution is 2.19. The van der Waals surface area contributed by atoms with Gasteiger partial charge in [0.15, 0.2) is 5.65 Å². The van der Waals surface area contributed by atoms with Crippen molar-refractivity contribution in [2.75, 3.05) is 13.2 Å². The van der Waals surface area contributed by atoms with Crippen LogP contribution < -0.4 is 0 Å². The van der Waals surface area contributed by atoms with E-state index in [-0.39, 0.29) is 25.6 Å². The summed E-state index contributed by atoms with van der Waals surface area (Å²) in [4.78, 5) is 13.7. The van der Waals surface area contributed by atoms with E-state index in [1.807, 2.05) is 12.1 Å². The zero-order valence-electron chi connectivity index (χ0n) is 15.1. The van der Waals surface area contributed by atoms with Crippen LogP contribution in [0, 0.1) is 5.82 Å². The molecule has 3 heterocycles. The average molecular weight is 380 g/mol. The van der Waals surface area contributed by atoms with Gasteiger partial charge >= 0.3 is 0 Å². The van der Waals surface area contributed by atoms with Crippen LogP contribution in [0.4, 0.5) is 4.39 Å². The molecule has 0 aliphatic rings. The SMILES string of the molecule is C/C(=N\OCCO)c1ccc2nnn(Cc3cc4cccnc4cc3F)c2n1. The zero-order valence-corrected chi connectivity index (χ0v) is 15.1. The summed E-state index contributed by atoms with van der Waals surface area (Å²) >= 11 is 0. The van der Waals surface area contributed by atoms with Crippen molar-refractivity contribution < 1.29 is 14.3 Å². The molecule has 0 radical (unpaired) electrons. The molecular formula is C19H17FN6O2. The van der Waals surface area contributed by atoms with Crippen LogP contribution in [0.3, 0.4) is 0 Å². The number of oxime groups is 1. The molecule has 0 spiro atoms. The van der Waals surface area contributed by atoms with E-state index in [9.17, 15) is 4.39 Å². The maximum atomic E-state index is 14.5. The molecule has 0 aliphatic carbocycles. The number of rotatable bonds is 6. The average Bonchev–Trinajstić information content (AvgIpc) is 3.10. The van der Waals surface area contributed by atoms with Gasteiger partial charge in [-0.2, -0.15) is 0 Å². The molecule has 0 atom stereocenters. The van der Waals surface area contributed by atoms with E-state index < -0.39 is 0 Å². The number of hydrogen-bond acceptors (Lipinski definition) is 7. The van der Waals surface area contributed by atoms with Crippen LogP contribution in [0.2, 0.25) is 0 Å². The molecule has 4 rings (SSSR count). The van der Waals surface area contributed by atoms with Gasteiger partial charge in [0, 0.05) is 23.2 Å². The monoisotopic (exact) mass is 380 g/mol. The summed E-state index contributed by atoms with van der Waals surface area (Å²) < 4.78 is 16.1. The van der Waals surface area contributed by atoms with Crippen molar-refractivity contribution in [1.82, 2.24) is 25.0 Å². The van der Waals surface area contributed by atoms with Crippen molar-refractivity contribution in [2.24, 2.45) is 5.16 Å². The summed E-state index contributed by atoms with van der Waals surface area (Å²) in [6, 6.07) is 10.4. The molecule has 28 heavy (non-hydrogen) atoms. The third kappa shape index (κ3) is 3.52. The maximum Gasteiger partial charge on any atom is 0.179 e. The van der Waals surface area contributed by atoms with Gasteiger partial charge in [0.2, 0.25) is 0 Å². The molecular weight excluding hydrogens is 363 g/mol. The first-order chi connectivity index (χ1) is 13.7. The molecule has 0 saturated carbocycles. The number of fused-ring (bicyclic) bond motifs is 2. The zero-order chi connectivity index (χ0) is 19.5. The fourth-order valence-electron chi connectivity index (χ4n) is 2.82. The van der Waals surface area contributed by atoms with E-state index in [0.717, 1.165) is 5.39 Å². The summed E-state index contributed by atoms with van der Waals surface area (Å²) in [6.07, 6.45) is 1.63. The van der Waals surface area contributed by atoms with Gasteiger partial charge in [-0.3, -0.25) is 4.98 Å². The van der Waals surface area contributed by atoms with Crippen LogP contribution in [-0.4, -0.2) is 49.0 Å². The Bertz CT molecular complexity index is 1170. The summed E-state index contributed by atoms with van der Waals surface area (Å²) in [6.45, 7) is 1.92. The molecule has 0 aliphatic heterocycles. The minimum atomic E-state index is -0.360. The van der Waals surface area contributed by atoms with Crippen LogP contribution >= 0.6 is 0 Å². The van der Waals surface area contributed by atoms with Crippen molar-refractivity contribution in [3.05, 3.63) is 59.7 Å². The van der Waals surface area contributed by atoms with Gasteiger partial charge in [0.1, 0.15) is 23.7 Å². The molecule has 8 nitrogen and oxygen atoms in total. The number of hydrogen-bond donors (Lipinski definition) is 1. The molecule has 9 heteroatoms. The lowest BCUT2D eigenvalue weighted by Crippen LogP contribution is -2.07. The summed E-state index contributed by atoms with van der Waals surface area (Å²) in [5.74, 6) is -0.360. The molecule has 142 valence electrons. The van der Waals surface area contributed by atoms with Crippen LogP contribution in [0.25, 0.3) is 22.1 Å². The fraction of sp³-hybridized carbons (Fsp3) is 0.211. The van der Waals surface area contributed by atoms with Crippen molar-refractivity contribution in [1.29, 1.82) is 0 Å². The Kier molecular flexibility index (Phi) is 4.90. The second-order valence-corrected chi connectivity index (χ2v) is 6.16. The lowest BCUT2D eigenvalue weighted by Gasteiger charge is -2.07. The van der Waals surface area contributed by atoms with E-state index >= 15 is 0 Å². The van der Waals surface area contributed by atoms with E-state index in [1.54, 1.807) is 36.0 Å². The van der Waals surface area contributed by atoms with E-state index in [1.165, 1.54) is 6.07 Å². The van der Waals surface area contributed by atoms with Crippen LogP contribution in [-0.2, 0) is 11.4 Å². The van der Waals surface area contributed by atoms with Crippen molar-refractivity contribution in [3.8, 4) is 0 Å². The molecule has 1 aromatic carbocycles. The van der Waals surface area contributed by atoms with Crippen molar-refractivity contribution in [2.45, 2.75) is 13.5 Å². The summed E-state index contributed by atoms with van der Waals surface area (Å²) in [7, 11) is 0. The Morgan fingerprint density at radius 3 is 3.00 bits per heavy atom. The highest BCUT2D eigenvalue weighted by molar-refractivity contribution is 5.97. The van der Waals surface area contributed by atoms with E-state index in [2.05, 4.69) is 25.4 Å². The van der Waals surface area contributed by atoms with Crippen molar-refractivity contribution >= 4 is 27.8 Å². The van der Waals surface area contributed by atoms with Gasteiger partial charge in [-0.05, 0) is 31.2 Å². The first-order valence-electron chi connectivity index (χ1n) is 8.67. The molecule has 0 unspecified atom stereocenters. The predicted octanol–water partition coefficient (Wildman–Crippen LogP) is 2.29. The lowest BCUT2D eigenvalue weighted by molar-refractivity contribution is 0.0986. The standard InChI is InChI=1S/C19H17FN6O2/c1-12(24-28-8-7-27)16-4-5-17-19(22-16)26(25-23-17)11-14-9-13-3-2-6-21-18(13)10-15(14)20/h2-6,9-10,27H,7-8,11H2,1H3/b24-12+. The Balaban J connectivity index is 1.68. The molecule has 0 bridgehead atoms. The highest BCUT2D eigenvalue weighted by atomic mass is 19.1. The van der Waals surface area contributed by atoms with Gasteiger partial charge in [-0.15, -0.1) is 5.10 Å². The number of aliphatic hydroxyl groups excluding tert-OH is 1. The summed E-state index contributed by atoms with van der Waals surface area (Å²) in [5.41, 5.74) is 3.30. The van der Waals surface area contributed by atoms with Gasteiger partial charge in [0.05, 0.1) is 24.4 Å². The fourth-order valence-corrected chi connectivity index (χ4v) is 2.82. The van der Waals surface area contributed by atoms with Crippen LogP contribution in [0.1, 0.15) is 18.2 Å². The number of pyridine rings is 2. The van der Waals surface area contributed by atoms with Crippen LogP contribution in [0.5, 0.6) is 0 Å². The number of aliphatic hydroxyl groups is 1. The number of nitrogens with zero attached hydrogens (tertiary/aromatic N) is 6. The third-order valence-corrected chi connectivity index (χ3v) is 4.21. The number of halogens is 1. The quantitative estimate of drug-likeness (QED) is 0.313. The van der Waals surface area contributed by atoms with E-state index in [4.69, 9.17) is 9.94 Å². The predicted molar refractivity (Wildman–Crippen MR) is 101 cm³/mol. The minimum Gasteiger partial charge on any atom is -0.393 e. The Morgan fingerprint density at radius 1 is 1.25 bits per heavy atom. The molecule has 0 amide bonds. The van der Waals surface area contributed by atoms with Gasteiger partial charge in [-0.1, -0.05) is 16.4 Å². The molecule has 0 fully saturated rings. The number of aromatic nitrogens is 5. The largest absolute Gasteiger partial charge is 0.393 e. The smallest absolute Gasteiger partial charge is 0.179 e. The topological polar surface area (TPSA) is 98.3 Å². The molecule has 1 N–H and O–H groups in total. The van der Waals surface area contributed by atoms with E-state index in [0.29, 0.717) is 33.6 Å². The Labute approximate surface area is 159 Å².